The molecule has 0 spiro atoms. The van der Waals surface area contributed by atoms with Crippen LogP contribution in [0.15, 0.2) is 24.3 Å². The molecule has 1 aromatic carbocycles. The number of hydrogen-bond acceptors (Lipinski definition) is 3. The highest BCUT2D eigenvalue weighted by Gasteiger charge is 2.21. The van der Waals surface area contributed by atoms with Crippen molar-refractivity contribution < 1.29 is 9.90 Å². The van der Waals surface area contributed by atoms with E-state index >= 15 is 0 Å². The van der Waals surface area contributed by atoms with Gasteiger partial charge in [0.2, 0.25) is 0 Å². The van der Waals surface area contributed by atoms with Gasteiger partial charge >= 0.3 is 5.97 Å². The van der Waals surface area contributed by atoms with Gasteiger partial charge in [-0.1, -0.05) is 29.8 Å². The van der Waals surface area contributed by atoms with Crippen molar-refractivity contribution >= 4 is 17.6 Å². The van der Waals surface area contributed by atoms with E-state index in [0.29, 0.717) is 6.04 Å². The van der Waals surface area contributed by atoms with Crippen LogP contribution in [-0.2, 0) is 11.3 Å². The van der Waals surface area contributed by atoms with Crippen LogP contribution < -0.4 is 0 Å². The predicted octanol–water partition coefficient (Wildman–Crippen LogP) is 2.71. The average molecular weight is 311 g/mol. The Kier molecular flexibility index (Phi) is 6.03. The molecule has 1 atom stereocenters. The quantitative estimate of drug-likeness (QED) is 0.908. The summed E-state index contributed by atoms with van der Waals surface area (Å²) in [4.78, 5) is 15.2. The number of aliphatic carboxylic acids is 1. The van der Waals surface area contributed by atoms with Gasteiger partial charge in [-0.2, -0.15) is 0 Å². The van der Waals surface area contributed by atoms with Crippen molar-refractivity contribution in [3.63, 3.8) is 0 Å². The van der Waals surface area contributed by atoms with Crippen LogP contribution in [0.4, 0.5) is 0 Å². The van der Waals surface area contributed by atoms with E-state index in [2.05, 4.69) is 11.0 Å². The molecule has 21 heavy (non-hydrogen) atoms. The first-order valence-electron chi connectivity index (χ1n) is 7.44. The molecule has 0 aliphatic carbocycles. The highest BCUT2D eigenvalue weighted by molar-refractivity contribution is 6.31. The molecule has 2 rings (SSSR count). The molecule has 0 radical (unpaired) electrons. The first kappa shape index (κ1) is 16.3. The molecule has 0 amide bonds. The minimum Gasteiger partial charge on any atom is -0.480 e. The standard InChI is InChI=1S/C16H23ClN2O2/c1-18(12-16(20)21)14-6-4-9-19(10-8-14)11-13-5-2-3-7-15(13)17/h2-3,5,7,14H,4,6,8-12H2,1H3,(H,20,21). The van der Waals surface area contributed by atoms with Gasteiger partial charge in [-0.15, -0.1) is 0 Å². The van der Waals surface area contributed by atoms with Crippen molar-refractivity contribution in [2.24, 2.45) is 0 Å². The van der Waals surface area contributed by atoms with Gasteiger partial charge in [0.25, 0.3) is 0 Å². The maximum absolute atomic E-state index is 10.8. The zero-order valence-electron chi connectivity index (χ0n) is 12.5. The monoisotopic (exact) mass is 310 g/mol. The predicted molar refractivity (Wildman–Crippen MR) is 84.6 cm³/mol. The van der Waals surface area contributed by atoms with Crippen molar-refractivity contribution in [3.8, 4) is 0 Å². The molecule has 1 unspecified atom stereocenters. The van der Waals surface area contributed by atoms with Crippen molar-refractivity contribution in [3.05, 3.63) is 34.9 Å². The van der Waals surface area contributed by atoms with Gasteiger partial charge in [-0.05, 0) is 51.0 Å². The normalized spacial score (nSPS) is 20.4. The fourth-order valence-corrected chi connectivity index (χ4v) is 3.14. The number of nitrogens with zero attached hydrogens (tertiary/aromatic N) is 2. The zero-order valence-corrected chi connectivity index (χ0v) is 13.2. The number of carboxylic acids is 1. The lowest BCUT2D eigenvalue weighted by atomic mass is 10.1. The summed E-state index contributed by atoms with van der Waals surface area (Å²) in [6.45, 7) is 3.02. The molecular formula is C16H23ClN2O2. The maximum Gasteiger partial charge on any atom is 0.317 e. The molecule has 1 aliphatic heterocycles. The van der Waals surface area contributed by atoms with Crippen LogP contribution in [0.5, 0.6) is 0 Å². The van der Waals surface area contributed by atoms with E-state index in [1.807, 2.05) is 30.1 Å². The zero-order chi connectivity index (χ0) is 15.2. The van der Waals surface area contributed by atoms with Crippen LogP contribution in [-0.4, -0.2) is 53.6 Å². The Labute approximate surface area is 131 Å². The summed E-state index contributed by atoms with van der Waals surface area (Å²) in [5.41, 5.74) is 1.16. The molecule has 1 aliphatic rings. The van der Waals surface area contributed by atoms with Crippen molar-refractivity contribution in [1.29, 1.82) is 0 Å². The summed E-state index contributed by atoms with van der Waals surface area (Å²) < 4.78 is 0. The second kappa shape index (κ2) is 7.78. The molecule has 1 saturated heterocycles. The van der Waals surface area contributed by atoms with Gasteiger partial charge in [-0.25, -0.2) is 0 Å². The number of carboxylic acid groups (broad SMARTS) is 1. The number of likely N-dealkylation sites (tertiary alicyclic amines) is 1. The van der Waals surface area contributed by atoms with Gasteiger partial charge in [-0.3, -0.25) is 14.6 Å². The fraction of sp³-hybridized carbons (Fsp3) is 0.562. The highest BCUT2D eigenvalue weighted by Crippen LogP contribution is 2.21. The lowest BCUT2D eigenvalue weighted by Crippen LogP contribution is -2.36. The van der Waals surface area contributed by atoms with Crippen LogP contribution in [0.1, 0.15) is 24.8 Å². The third kappa shape index (κ3) is 4.99. The van der Waals surface area contributed by atoms with Crippen LogP contribution in [0.25, 0.3) is 0 Å². The van der Waals surface area contributed by atoms with Crippen molar-refractivity contribution in [1.82, 2.24) is 9.80 Å². The summed E-state index contributed by atoms with van der Waals surface area (Å²) >= 11 is 6.22. The molecule has 0 saturated carbocycles. The third-order valence-electron chi connectivity index (χ3n) is 4.15. The summed E-state index contributed by atoms with van der Waals surface area (Å²) in [6.07, 6.45) is 3.16. The second-order valence-electron chi connectivity index (χ2n) is 5.76. The van der Waals surface area contributed by atoms with Gasteiger partial charge < -0.3 is 5.11 Å². The molecule has 1 fully saturated rings. The van der Waals surface area contributed by atoms with Gasteiger partial charge in [0.05, 0.1) is 6.54 Å². The number of carbonyl (C=O) groups is 1. The Hall–Kier alpha value is -1.10. The largest absolute Gasteiger partial charge is 0.480 e. The van der Waals surface area contributed by atoms with Crippen LogP contribution in [0.3, 0.4) is 0 Å². The molecule has 5 heteroatoms. The molecule has 1 N–H and O–H groups in total. The maximum atomic E-state index is 10.8. The molecule has 0 aromatic heterocycles. The number of rotatable bonds is 5. The van der Waals surface area contributed by atoms with Gasteiger partial charge in [0, 0.05) is 17.6 Å². The molecule has 0 bridgehead atoms. The Morgan fingerprint density at radius 1 is 1.38 bits per heavy atom. The molecule has 4 nitrogen and oxygen atoms in total. The lowest BCUT2D eigenvalue weighted by Gasteiger charge is -2.25. The first-order chi connectivity index (χ1) is 10.1. The molecule has 1 heterocycles. The van der Waals surface area contributed by atoms with Crippen molar-refractivity contribution in [2.45, 2.75) is 31.8 Å². The molecule has 116 valence electrons. The number of halogens is 1. The molecular weight excluding hydrogens is 288 g/mol. The second-order valence-corrected chi connectivity index (χ2v) is 6.17. The summed E-state index contributed by atoms with van der Waals surface area (Å²) in [5.74, 6) is -0.755. The topological polar surface area (TPSA) is 43.8 Å². The van der Waals surface area contributed by atoms with E-state index in [1.54, 1.807) is 0 Å². The number of likely N-dealkylation sites (N-methyl/N-ethyl adjacent to an activating group) is 1. The molecule has 1 aromatic rings. The summed E-state index contributed by atoms with van der Waals surface area (Å²) in [5, 5.41) is 9.72. The van der Waals surface area contributed by atoms with Crippen molar-refractivity contribution in [2.75, 3.05) is 26.7 Å². The van der Waals surface area contributed by atoms with Gasteiger partial charge in [0.1, 0.15) is 0 Å². The smallest absolute Gasteiger partial charge is 0.317 e. The minimum atomic E-state index is -0.755. The van der Waals surface area contributed by atoms with E-state index in [0.717, 1.165) is 49.5 Å². The average Bonchev–Trinajstić information content (AvgIpc) is 2.66. The van der Waals surface area contributed by atoms with E-state index in [1.165, 1.54) is 0 Å². The van der Waals surface area contributed by atoms with E-state index in [-0.39, 0.29) is 6.54 Å². The summed E-state index contributed by atoms with van der Waals surface area (Å²) in [7, 11) is 1.91. The van der Waals surface area contributed by atoms with E-state index in [4.69, 9.17) is 16.7 Å². The van der Waals surface area contributed by atoms with E-state index < -0.39 is 5.97 Å². The Morgan fingerprint density at radius 2 is 2.14 bits per heavy atom. The van der Waals surface area contributed by atoms with Crippen LogP contribution in [0.2, 0.25) is 5.02 Å². The minimum absolute atomic E-state index is 0.120. The van der Waals surface area contributed by atoms with Crippen LogP contribution in [0, 0.1) is 0 Å². The summed E-state index contributed by atoms with van der Waals surface area (Å²) in [6, 6.07) is 8.32. The lowest BCUT2D eigenvalue weighted by molar-refractivity contribution is -0.138. The van der Waals surface area contributed by atoms with Gasteiger partial charge in [0.15, 0.2) is 0 Å². The SMILES string of the molecule is CN(CC(=O)O)C1CCCN(Cc2ccccc2Cl)CC1. The Morgan fingerprint density at radius 3 is 2.86 bits per heavy atom. The van der Waals surface area contributed by atoms with Crippen LogP contribution >= 0.6 is 11.6 Å². The first-order valence-corrected chi connectivity index (χ1v) is 7.82. The fourth-order valence-electron chi connectivity index (χ4n) is 2.95. The third-order valence-corrected chi connectivity index (χ3v) is 4.52. The Balaban J connectivity index is 1.89. The highest BCUT2D eigenvalue weighted by atomic mass is 35.5. The number of hydrogen-bond donors (Lipinski definition) is 1. The Bertz CT molecular complexity index is 481. The van der Waals surface area contributed by atoms with E-state index in [9.17, 15) is 4.79 Å². The number of benzene rings is 1.